The van der Waals surface area contributed by atoms with Crippen molar-refractivity contribution in [3.8, 4) is 69.1 Å². The fourth-order valence-corrected chi connectivity index (χ4v) is 15.7. The second-order valence-electron chi connectivity index (χ2n) is 29.9. The van der Waals surface area contributed by atoms with E-state index in [1.54, 1.807) is 30.5 Å². The molecule has 2 aliphatic carbocycles. The number of pyridine rings is 6. The van der Waals surface area contributed by atoms with Crippen molar-refractivity contribution in [1.29, 1.82) is 0 Å². The molecule has 2 saturated heterocycles. The maximum Gasteiger partial charge on any atom is 0.262 e. The maximum absolute atomic E-state index is 13.1. The predicted molar refractivity (Wildman–Crippen MR) is 428 cm³/mol. The van der Waals surface area contributed by atoms with E-state index in [-0.39, 0.29) is 72.4 Å². The largest absolute Gasteiger partial charge is 0.494 e. The van der Waals surface area contributed by atoms with Crippen LogP contribution in [0.15, 0.2) is 183 Å². The number of hydrogen-bond acceptors (Lipinski definition) is 20. The summed E-state index contributed by atoms with van der Waals surface area (Å²) in [5.41, 5.74) is 11.7. The first-order valence-corrected chi connectivity index (χ1v) is 39.2. The molecular formula is C90H80N12O14. The van der Waals surface area contributed by atoms with Crippen LogP contribution >= 0.6 is 0 Å². The average molecular weight is 1550 g/mol. The number of amides is 8. The molecule has 4 aromatic carbocycles. The van der Waals surface area contributed by atoms with Gasteiger partial charge in [-0.3, -0.25) is 68.8 Å². The Morgan fingerprint density at radius 2 is 0.845 bits per heavy atom. The topological polar surface area (TPSA) is 310 Å². The fourth-order valence-electron chi connectivity index (χ4n) is 15.7. The van der Waals surface area contributed by atoms with Gasteiger partial charge >= 0.3 is 0 Å². The molecule has 2 N–H and O–H groups in total. The summed E-state index contributed by atoms with van der Waals surface area (Å²) in [6, 6.07) is 40.2. The number of benzene rings is 4. The number of carbonyl (C=O) groups excluding carboxylic acids is 8. The van der Waals surface area contributed by atoms with Crippen LogP contribution in [0.2, 0.25) is 0 Å². The van der Waals surface area contributed by atoms with E-state index in [9.17, 15) is 38.4 Å². The molecule has 584 valence electrons. The molecule has 4 fully saturated rings. The molecule has 26 nitrogen and oxygen atoms in total. The van der Waals surface area contributed by atoms with Crippen molar-refractivity contribution in [3.05, 3.63) is 216 Å². The van der Waals surface area contributed by atoms with Gasteiger partial charge in [0.05, 0.1) is 46.5 Å². The highest BCUT2D eigenvalue weighted by Crippen LogP contribution is 2.38. The maximum atomic E-state index is 13.1. The van der Waals surface area contributed by atoms with Gasteiger partial charge in [0.15, 0.2) is 0 Å². The lowest BCUT2D eigenvalue weighted by Crippen LogP contribution is -2.54. The van der Waals surface area contributed by atoms with Gasteiger partial charge in [0.2, 0.25) is 47.1 Å². The van der Waals surface area contributed by atoms with Gasteiger partial charge in [-0.1, -0.05) is 55.0 Å². The molecule has 0 spiro atoms. The molecule has 116 heavy (non-hydrogen) atoms. The molecule has 18 rings (SSSR count). The predicted octanol–water partition coefficient (Wildman–Crippen LogP) is 12.9. The monoisotopic (exact) mass is 1550 g/mol. The lowest BCUT2D eigenvalue weighted by Gasteiger charge is -2.34. The van der Waals surface area contributed by atoms with Crippen LogP contribution in [0.4, 0.5) is 0 Å². The number of piperidine rings is 2. The van der Waals surface area contributed by atoms with Crippen LogP contribution in [0.3, 0.4) is 0 Å². The summed E-state index contributed by atoms with van der Waals surface area (Å²) in [4.78, 5) is 128. The lowest BCUT2D eigenvalue weighted by atomic mass is 9.92. The molecule has 8 amide bonds. The molecule has 12 aromatic rings. The van der Waals surface area contributed by atoms with Crippen molar-refractivity contribution in [2.24, 2.45) is 14.1 Å². The third-order valence-electron chi connectivity index (χ3n) is 22.2. The summed E-state index contributed by atoms with van der Waals surface area (Å²) in [6.45, 7) is 0.884. The van der Waals surface area contributed by atoms with Crippen molar-refractivity contribution in [2.75, 3.05) is 13.2 Å². The van der Waals surface area contributed by atoms with E-state index in [1.165, 1.54) is 22.9 Å². The number of carbonyl (C=O) groups is 8. The summed E-state index contributed by atoms with van der Waals surface area (Å²) >= 11 is 0. The second-order valence-corrected chi connectivity index (χ2v) is 29.9. The molecule has 0 radical (unpaired) electrons. The molecule has 12 heterocycles. The number of ether oxygens (including phenoxy) is 6. The summed E-state index contributed by atoms with van der Waals surface area (Å²) in [7, 11) is 4.15. The summed E-state index contributed by atoms with van der Waals surface area (Å²) in [5, 5.41) is 9.06. The quantitative estimate of drug-likeness (QED) is 0.0305. The molecule has 8 aromatic heterocycles. The Labute approximate surface area is 665 Å². The summed E-state index contributed by atoms with van der Waals surface area (Å²) in [5.74, 6) is 5.37. The van der Waals surface area contributed by atoms with Crippen LogP contribution < -0.4 is 39.1 Å². The normalized spacial score (nSPS) is 18.8. The number of nitrogens with one attached hydrogen (secondary N) is 2. The van der Waals surface area contributed by atoms with Crippen LogP contribution in [0.1, 0.15) is 149 Å². The Balaban J connectivity index is 0.000000167. The van der Waals surface area contributed by atoms with Gasteiger partial charge in [0.25, 0.3) is 23.6 Å². The molecule has 2 atom stereocenters. The van der Waals surface area contributed by atoms with Gasteiger partial charge < -0.3 is 37.6 Å². The molecular weight excluding hydrogens is 1470 g/mol. The highest BCUT2D eigenvalue weighted by atomic mass is 16.5. The van der Waals surface area contributed by atoms with Crippen molar-refractivity contribution in [1.82, 2.24) is 59.5 Å². The van der Waals surface area contributed by atoms with Gasteiger partial charge in [-0.05, 0) is 140 Å². The standard InChI is InChI=1S/C45H42N6O7.C45H38N6O7/c2*1-50-37-17-18-46-26-36(37)33-11-8-28(20-39(33)50)29-9-16-42(48-25-29)58-32-21-31(22-32)57-41-15-7-27(24-47-41)6-4-2-3-5-19-56-30-10-12-34-35(23-30)45(55)51(44(34)54)38-13-14-40(52)49-43(38)53/h7-12,15-18,20,23-26,31-32,38H,2-6,13-14,19,21-22H2,1H3,(H,49,52,53);7-12,15-18,20,23-26,31-32,38H,2-3,5,13-14,19,21-22H2,1H3,(H,49,52,53). The Hall–Kier alpha value is -13.7. The number of aromatic nitrogens is 8. The molecule has 4 aliphatic heterocycles. The van der Waals surface area contributed by atoms with E-state index in [2.05, 4.69) is 124 Å². The van der Waals surface area contributed by atoms with Crippen LogP contribution in [-0.2, 0) is 39.7 Å². The Bertz CT molecular complexity index is 5920. The SMILES string of the molecule is Cn1c2ccncc2c2ccc(-c3ccc(OC4CC(Oc5ccc(C#CCCCCOc6ccc7c(c6)C(=O)N(C6CCC(=O)NC6=O)C7=O)cn5)C4)nc3)cc21.Cn1c2ccncc2c2ccc(-c3ccc(OC4CC(Oc5ccc(CCCCCCOc6ccc7c(c6)C(=O)N(C6CCC(=O)NC6=O)C7=O)cn5)C4)nc3)cc21. The number of aryl methyl sites for hydroxylation is 3. The van der Waals surface area contributed by atoms with E-state index in [4.69, 9.17) is 28.4 Å². The van der Waals surface area contributed by atoms with E-state index in [0.717, 1.165) is 147 Å². The van der Waals surface area contributed by atoms with E-state index < -0.39 is 59.3 Å². The second kappa shape index (κ2) is 32.8. The summed E-state index contributed by atoms with van der Waals surface area (Å²) < 4.78 is 40.5. The Kier molecular flexibility index (Phi) is 21.2. The zero-order valence-corrected chi connectivity index (χ0v) is 63.7. The Morgan fingerprint density at radius 1 is 0.405 bits per heavy atom. The molecule has 0 bridgehead atoms. The molecule has 26 heteroatoms. The minimum absolute atomic E-state index is 0.0194. The zero-order chi connectivity index (χ0) is 79.5. The van der Waals surface area contributed by atoms with Crippen molar-refractivity contribution >= 4 is 90.9 Å². The van der Waals surface area contributed by atoms with Gasteiger partial charge in [-0.25, -0.2) is 19.9 Å². The number of imide groups is 4. The number of nitrogens with zero attached hydrogens (tertiary/aromatic N) is 10. The first-order valence-electron chi connectivity index (χ1n) is 39.2. The first kappa shape index (κ1) is 75.0. The van der Waals surface area contributed by atoms with Gasteiger partial charge in [-0.15, -0.1) is 0 Å². The lowest BCUT2D eigenvalue weighted by molar-refractivity contribution is -0.137. The van der Waals surface area contributed by atoms with Crippen molar-refractivity contribution in [2.45, 2.75) is 139 Å². The van der Waals surface area contributed by atoms with Gasteiger partial charge in [0, 0.05) is 182 Å². The number of unbranched alkanes of at least 4 members (excludes halogenated alkanes) is 5. The highest BCUT2D eigenvalue weighted by Gasteiger charge is 2.47. The zero-order valence-electron chi connectivity index (χ0n) is 63.7. The van der Waals surface area contributed by atoms with Crippen LogP contribution in [0.5, 0.6) is 35.0 Å². The number of rotatable bonds is 25. The third-order valence-corrected chi connectivity index (χ3v) is 22.2. The van der Waals surface area contributed by atoms with Crippen molar-refractivity contribution < 1.29 is 66.8 Å². The van der Waals surface area contributed by atoms with E-state index in [1.807, 2.05) is 91.9 Å². The van der Waals surface area contributed by atoms with Gasteiger partial charge in [-0.2, -0.15) is 0 Å². The summed E-state index contributed by atoms with van der Waals surface area (Å²) in [6.07, 6.45) is 25.3. The third kappa shape index (κ3) is 15.8. The number of hydrogen-bond donors (Lipinski definition) is 2. The molecule has 2 unspecified atom stereocenters. The molecule has 2 saturated carbocycles. The van der Waals surface area contributed by atoms with E-state index in [0.29, 0.717) is 54.7 Å². The Morgan fingerprint density at radius 3 is 1.29 bits per heavy atom. The van der Waals surface area contributed by atoms with Crippen LogP contribution in [0.25, 0.3) is 65.9 Å². The first-order chi connectivity index (χ1) is 56.6. The fraction of sp³-hybridized carbons (Fsp3) is 0.289. The minimum Gasteiger partial charge on any atom is -0.494 e. The smallest absolute Gasteiger partial charge is 0.262 e. The van der Waals surface area contributed by atoms with Crippen LogP contribution in [0, 0.1) is 11.8 Å². The van der Waals surface area contributed by atoms with Crippen molar-refractivity contribution in [3.63, 3.8) is 0 Å². The number of fused-ring (bicyclic) bond motifs is 8. The average Bonchev–Trinajstić information content (AvgIpc) is 1.63. The van der Waals surface area contributed by atoms with Crippen LogP contribution in [-0.4, -0.2) is 146 Å². The van der Waals surface area contributed by atoms with E-state index >= 15 is 0 Å². The molecule has 6 aliphatic rings. The van der Waals surface area contributed by atoms with Gasteiger partial charge in [0.1, 0.15) is 48.0 Å². The highest BCUT2D eigenvalue weighted by molar-refractivity contribution is 6.25. The minimum atomic E-state index is -1.00.